The Morgan fingerprint density at radius 2 is 1.82 bits per heavy atom. The lowest BCUT2D eigenvalue weighted by Gasteiger charge is -2.07. The second kappa shape index (κ2) is 5.44. The van der Waals surface area contributed by atoms with E-state index in [9.17, 15) is 4.79 Å². The molecular formula is C17H14N2O3. The summed E-state index contributed by atoms with van der Waals surface area (Å²) in [7, 11) is 1.62. The molecule has 0 saturated heterocycles. The number of carbonyl (C=O) groups is 1. The van der Waals surface area contributed by atoms with Crippen LogP contribution < -0.4 is 4.74 Å². The monoisotopic (exact) mass is 294 g/mol. The quantitative estimate of drug-likeness (QED) is 0.802. The van der Waals surface area contributed by atoms with Crippen molar-refractivity contribution >= 4 is 16.9 Å². The number of hydrogen-bond donors (Lipinski definition) is 1. The van der Waals surface area contributed by atoms with Crippen molar-refractivity contribution in [1.82, 2.24) is 9.97 Å². The zero-order valence-electron chi connectivity index (χ0n) is 12.2. The maximum absolute atomic E-state index is 10.9. The number of aromatic nitrogens is 2. The van der Waals surface area contributed by atoms with Crippen LogP contribution in [0.15, 0.2) is 42.5 Å². The first-order chi connectivity index (χ1) is 10.6. The lowest BCUT2D eigenvalue weighted by Crippen LogP contribution is -1.97. The van der Waals surface area contributed by atoms with Crippen molar-refractivity contribution in [3.63, 3.8) is 0 Å². The normalized spacial score (nSPS) is 10.6. The molecule has 0 radical (unpaired) electrons. The third-order valence-electron chi connectivity index (χ3n) is 3.48. The SMILES string of the molecule is COc1ccc2nc(-c3ccc(C(=O)O)cc3)nc(C)c2c1. The summed E-state index contributed by atoms with van der Waals surface area (Å²) in [6.07, 6.45) is 0. The van der Waals surface area contributed by atoms with E-state index in [1.165, 1.54) is 0 Å². The number of nitrogens with zero attached hydrogens (tertiary/aromatic N) is 2. The fourth-order valence-electron chi connectivity index (χ4n) is 2.28. The van der Waals surface area contributed by atoms with E-state index in [-0.39, 0.29) is 5.56 Å². The number of rotatable bonds is 3. The smallest absolute Gasteiger partial charge is 0.335 e. The molecule has 22 heavy (non-hydrogen) atoms. The fourth-order valence-corrected chi connectivity index (χ4v) is 2.28. The summed E-state index contributed by atoms with van der Waals surface area (Å²) < 4.78 is 5.22. The zero-order valence-corrected chi connectivity index (χ0v) is 12.2. The van der Waals surface area contributed by atoms with E-state index in [2.05, 4.69) is 9.97 Å². The van der Waals surface area contributed by atoms with Crippen LogP contribution in [0.1, 0.15) is 16.1 Å². The number of fused-ring (bicyclic) bond motifs is 1. The first-order valence-corrected chi connectivity index (χ1v) is 6.74. The lowest BCUT2D eigenvalue weighted by atomic mass is 10.1. The Hall–Kier alpha value is -2.95. The zero-order chi connectivity index (χ0) is 15.7. The summed E-state index contributed by atoms with van der Waals surface area (Å²) in [5.41, 5.74) is 2.70. The number of carboxylic acid groups (broad SMARTS) is 1. The summed E-state index contributed by atoms with van der Waals surface area (Å²) in [6.45, 7) is 1.92. The van der Waals surface area contributed by atoms with Crippen LogP contribution in [0.4, 0.5) is 0 Å². The second-order valence-electron chi connectivity index (χ2n) is 4.90. The third-order valence-corrected chi connectivity index (χ3v) is 3.48. The number of methoxy groups -OCH3 is 1. The van der Waals surface area contributed by atoms with E-state index in [1.807, 2.05) is 25.1 Å². The average molecular weight is 294 g/mol. The van der Waals surface area contributed by atoms with Gasteiger partial charge in [-0.3, -0.25) is 0 Å². The molecule has 3 rings (SSSR count). The summed E-state index contributed by atoms with van der Waals surface area (Å²) in [5, 5.41) is 9.87. The summed E-state index contributed by atoms with van der Waals surface area (Å²) >= 11 is 0. The van der Waals surface area contributed by atoms with Gasteiger partial charge in [0.1, 0.15) is 5.75 Å². The first kappa shape index (κ1) is 14.0. The first-order valence-electron chi connectivity index (χ1n) is 6.74. The van der Waals surface area contributed by atoms with Gasteiger partial charge in [-0.2, -0.15) is 0 Å². The van der Waals surface area contributed by atoms with Gasteiger partial charge in [0.25, 0.3) is 0 Å². The van der Waals surface area contributed by atoms with Crippen molar-refractivity contribution < 1.29 is 14.6 Å². The van der Waals surface area contributed by atoms with Crippen LogP contribution in [-0.4, -0.2) is 28.2 Å². The minimum Gasteiger partial charge on any atom is -0.497 e. The largest absolute Gasteiger partial charge is 0.497 e. The van der Waals surface area contributed by atoms with Gasteiger partial charge >= 0.3 is 5.97 Å². The molecule has 5 nitrogen and oxygen atoms in total. The molecule has 1 heterocycles. The van der Waals surface area contributed by atoms with Gasteiger partial charge in [-0.1, -0.05) is 12.1 Å². The molecule has 2 aromatic carbocycles. The lowest BCUT2D eigenvalue weighted by molar-refractivity contribution is 0.0697. The van der Waals surface area contributed by atoms with E-state index in [0.29, 0.717) is 5.82 Å². The van der Waals surface area contributed by atoms with Crippen LogP contribution >= 0.6 is 0 Å². The molecule has 5 heteroatoms. The van der Waals surface area contributed by atoms with Crippen molar-refractivity contribution in [2.24, 2.45) is 0 Å². The van der Waals surface area contributed by atoms with Crippen molar-refractivity contribution in [3.8, 4) is 17.1 Å². The maximum Gasteiger partial charge on any atom is 0.335 e. The van der Waals surface area contributed by atoms with Crippen LogP contribution in [0, 0.1) is 6.92 Å². The topological polar surface area (TPSA) is 72.3 Å². The molecule has 1 N–H and O–H groups in total. The van der Waals surface area contributed by atoms with Crippen LogP contribution in [0.25, 0.3) is 22.3 Å². The molecule has 0 aliphatic rings. The van der Waals surface area contributed by atoms with Crippen molar-refractivity contribution in [2.75, 3.05) is 7.11 Å². The van der Waals surface area contributed by atoms with Crippen LogP contribution in [0.3, 0.4) is 0 Å². The molecule has 0 saturated carbocycles. The molecule has 110 valence electrons. The molecule has 1 aromatic heterocycles. The van der Waals surface area contributed by atoms with Crippen LogP contribution in [0.5, 0.6) is 5.75 Å². The molecule has 0 atom stereocenters. The molecule has 0 bridgehead atoms. The number of aryl methyl sites for hydroxylation is 1. The Bertz CT molecular complexity index is 858. The highest BCUT2D eigenvalue weighted by Crippen LogP contribution is 2.25. The second-order valence-corrected chi connectivity index (χ2v) is 4.90. The highest BCUT2D eigenvalue weighted by Gasteiger charge is 2.09. The van der Waals surface area contributed by atoms with E-state index in [4.69, 9.17) is 9.84 Å². The van der Waals surface area contributed by atoms with Gasteiger partial charge in [-0.25, -0.2) is 14.8 Å². The summed E-state index contributed by atoms with van der Waals surface area (Å²) in [5.74, 6) is 0.388. The van der Waals surface area contributed by atoms with Gasteiger partial charge in [-0.05, 0) is 37.3 Å². The standard InChI is InChI=1S/C17H14N2O3/c1-10-14-9-13(22-2)7-8-15(14)19-16(18-10)11-3-5-12(6-4-11)17(20)21/h3-9H,1-2H3,(H,20,21). The average Bonchev–Trinajstić information content (AvgIpc) is 2.54. The maximum atomic E-state index is 10.9. The van der Waals surface area contributed by atoms with Crippen molar-refractivity contribution in [3.05, 3.63) is 53.7 Å². The number of hydrogen-bond acceptors (Lipinski definition) is 4. The number of ether oxygens (including phenoxy) is 1. The van der Waals surface area contributed by atoms with E-state index in [1.54, 1.807) is 31.4 Å². The predicted molar refractivity (Wildman–Crippen MR) is 83.2 cm³/mol. The van der Waals surface area contributed by atoms with Crippen molar-refractivity contribution in [2.45, 2.75) is 6.92 Å². The van der Waals surface area contributed by atoms with E-state index >= 15 is 0 Å². The highest BCUT2D eigenvalue weighted by molar-refractivity contribution is 5.88. The van der Waals surface area contributed by atoms with E-state index < -0.39 is 5.97 Å². The Balaban J connectivity index is 2.09. The van der Waals surface area contributed by atoms with Gasteiger partial charge in [0.15, 0.2) is 5.82 Å². The van der Waals surface area contributed by atoms with E-state index in [0.717, 1.165) is 27.9 Å². The minimum absolute atomic E-state index is 0.242. The van der Waals surface area contributed by atoms with Gasteiger partial charge in [0.05, 0.1) is 18.2 Å². The Kier molecular flexibility index (Phi) is 3.47. The third kappa shape index (κ3) is 2.48. The molecule has 0 spiro atoms. The Morgan fingerprint density at radius 3 is 2.45 bits per heavy atom. The van der Waals surface area contributed by atoms with Gasteiger partial charge in [0, 0.05) is 16.6 Å². The summed E-state index contributed by atoms with van der Waals surface area (Å²) in [6, 6.07) is 12.2. The van der Waals surface area contributed by atoms with Crippen LogP contribution in [-0.2, 0) is 0 Å². The molecule has 0 aliphatic carbocycles. The minimum atomic E-state index is -0.950. The van der Waals surface area contributed by atoms with Gasteiger partial charge in [-0.15, -0.1) is 0 Å². The molecule has 0 amide bonds. The highest BCUT2D eigenvalue weighted by atomic mass is 16.5. The van der Waals surface area contributed by atoms with Gasteiger partial charge in [0.2, 0.25) is 0 Å². The van der Waals surface area contributed by atoms with Crippen molar-refractivity contribution in [1.29, 1.82) is 0 Å². The molecular weight excluding hydrogens is 280 g/mol. The Labute approximate surface area is 127 Å². The number of aromatic carboxylic acids is 1. The molecule has 0 aliphatic heterocycles. The number of benzene rings is 2. The molecule has 0 fully saturated rings. The Morgan fingerprint density at radius 1 is 1.09 bits per heavy atom. The molecule has 0 unspecified atom stereocenters. The van der Waals surface area contributed by atoms with Gasteiger partial charge < -0.3 is 9.84 Å². The molecule has 3 aromatic rings. The fraction of sp³-hybridized carbons (Fsp3) is 0.118. The van der Waals surface area contributed by atoms with Crippen LogP contribution in [0.2, 0.25) is 0 Å². The summed E-state index contributed by atoms with van der Waals surface area (Å²) in [4.78, 5) is 19.9. The number of carboxylic acids is 1. The predicted octanol–water partition coefficient (Wildman–Crippen LogP) is 3.31.